The van der Waals surface area contributed by atoms with Crippen LogP contribution in [-0.2, 0) is 9.59 Å². The number of nitrogens with one attached hydrogen (secondary N) is 1. The predicted molar refractivity (Wildman–Crippen MR) is 62.5 cm³/mol. The molecule has 5 unspecified atom stereocenters. The van der Waals surface area contributed by atoms with Crippen molar-refractivity contribution in [3.8, 4) is 0 Å². The van der Waals surface area contributed by atoms with Gasteiger partial charge in [0.25, 0.3) is 0 Å². The summed E-state index contributed by atoms with van der Waals surface area (Å²) in [6, 6.07) is -0.216. The van der Waals surface area contributed by atoms with E-state index in [-0.39, 0.29) is 17.9 Å². The SMILES string of the molecule is CC(O)(C(=O)O)C12CC1C(=O)NC1C=CC=CC12. The highest BCUT2D eigenvalue weighted by molar-refractivity contribution is 5.89. The number of fused-ring (bicyclic) bond motifs is 3. The van der Waals surface area contributed by atoms with E-state index in [4.69, 9.17) is 0 Å². The molecule has 1 heterocycles. The second-order valence-corrected chi connectivity index (χ2v) is 5.50. The van der Waals surface area contributed by atoms with Crippen LogP contribution in [-0.4, -0.2) is 33.7 Å². The molecule has 5 nitrogen and oxygen atoms in total. The second-order valence-electron chi connectivity index (χ2n) is 5.50. The minimum atomic E-state index is -1.88. The maximum Gasteiger partial charge on any atom is 0.336 e. The van der Waals surface area contributed by atoms with Gasteiger partial charge in [0.05, 0.1) is 6.04 Å². The average molecular weight is 249 g/mol. The third kappa shape index (κ3) is 1.15. The number of carbonyl (C=O) groups excluding carboxylic acids is 1. The third-order valence-corrected chi connectivity index (χ3v) is 4.68. The quantitative estimate of drug-likeness (QED) is 0.646. The number of aliphatic hydroxyl groups is 1. The van der Waals surface area contributed by atoms with Crippen LogP contribution >= 0.6 is 0 Å². The molecule has 2 fully saturated rings. The number of carboxylic acids is 1. The normalized spacial score (nSPS) is 43.4. The summed E-state index contributed by atoms with van der Waals surface area (Å²) < 4.78 is 0. The molecule has 5 heteroatoms. The van der Waals surface area contributed by atoms with Gasteiger partial charge in [-0.25, -0.2) is 4.79 Å². The third-order valence-electron chi connectivity index (χ3n) is 4.68. The van der Waals surface area contributed by atoms with E-state index in [2.05, 4.69) is 5.32 Å². The Kier molecular flexibility index (Phi) is 2.06. The highest BCUT2D eigenvalue weighted by Crippen LogP contribution is 2.67. The van der Waals surface area contributed by atoms with Gasteiger partial charge in [0.1, 0.15) is 0 Å². The number of hydrogen-bond acceptors (Lipinski definition) is 3. The molecule has 1 aliphatic heterocycles. The monoisotopic (exact) mass is 249 g/mol. The fourth-order valence-corrected chi connectivity index (χ4v) is 3.54. The molecule has 0 aromatic carbocycles. The highest BCUT2D eigenvalue weighted by Gasteiger charge is 2.75. The zero-order valence-electron chi connectivity index (χ0n) is 9.96. The molecule has 3 rings (SSSR count). The van der Waals surface area contributed by atoms with Crippen LogP contribution in [0.4, 0.5) is 0 Å². The Hall–Kier alpha value is -1.62. The van der Waals surface area contributed by atoms with Gasteiger partial charge in [-0.2, -0.15) is 0 Å². The molecule has 0 aromatic rings. The molecular weight excluding hydrogens is 234 g/mol. The van der Waals surface area contributed by atoms with Crippen LogP contribution in [0.3, 0.4) is 0 Å². The summed E-state index contributed by atoms with van der Waals surface area (Å²) in [4.78, 5) is 23.2. The van der Waals surface area contributed by atoms with Crippen LogP contribution in [0, 0.1) is 17.3 Å². The molecule has 0 bridgehead atoms. The smallest absolute Gasteiger partial charge is 0.336 e. The molecule has 0 aromatic heterocycles. The van der Waals surface area contributed by atoms with Crippen molar-refractivity contribution in [2.75, 3.05) is 0 Å². The first-order chi connectivity index (χ1) is 8.41. The predicted octanol–water partition coefficient (Wildman–Crippen LogP) is 0.0689. The number of rotatable bonds is 2. The Morgan fingerprint density at radius 3 is 2.83 bits per heavy atom. The lowest BCUT2D eigenvalue weighted by Gasteiger charge is -2.42. The van der Waals surface area contributed by atoms with Crippen molar-refractivity contribution in [2.45, 2.75) is 25.0 Å². The number of hydrogen-bond donors (Lipinski definition) is 3. The molecule has 1 saturated carbocycles. The van der Waals surface area contributed by atoms with Gasteiger partial charge >= 0.3 is 5.97 Å². The van der Waals surface area contributed by atoms with Crippen LogP contribution in [0.15, 0.2) is 24.3 Å². The van der Waals surface area contributed by atoms with E-state index in [9.17, 15) is 19.8 Å². The Morgan fingerprint density at radius 1 is 1.50 bits per heavy atom. The van der Waals surface area contributed by atoms with Gasteiger partial charge in [-0.05, 0) is 13.3 Å². The lowest BCUT2D eigenvalue weighted by molar-refractivity contribution is -0.170. The second kappa shape index (κ2) is 3.23. The van der Waals surface area contributed by atoms with E-state index in [0.29, 0.717) is 6.42 Å². The first-order valence-corrected chi connectivity index (χ1v) is 6.02. The number of piperidine rings is 1. The zero-order valence-corrected chi connectivity index (χ0v) is 9.96. The van der Waals surface area contributed by atoms with E-state index in [1.807, 2.05) is 24.3 Å². The first kappa shape index (κ1) is 11.5. The number of aliphatic carboxylic acids is 1. The van der Waals surface area contributed by atoms with Gasteiger partial charge in [-0.1, -0.05) is 24.3 Å². The van der Waals surface area contributed by atoms with Crippen molar-refractivity contribution in [3.63, 3.8) is 0 Å². The molecule has 2 aliphatic carbocycles. The molecular formula is C13H15NO4. The van der Waals surface area contributed by atoms with Crippen LogP contribution in [0.1, 0.15) is 13.3 Å². The molecule has 1 amide bonds. The lowest BCUT2D eigenvalue weighted by Crippen LogP contribution is -2.58. The van der Waals surface area contributed by atoms with Crippen LogP contribution in [0.2, 0.25) is 0 Å². The van der Waals surface area contributed by atoms with E-state index in [0.717, 1.165) is 0 Å². The van der Waals surface area contributed by atoms with Crippen molar-refractivity contribution in [3.05, 3.63) is 24.3 Å². The molecule has 96 valence electrons. The Balaban J connectivity index is 2.06. The Morgan fingerprint density at radius 2 is 2.17 bits per heavy atom. The van der Waals surface area contributed by atoms with Gasteiger partial charge < -0.3 is 15.5 Å². The molecule has 1 saturated heterocycles. The molecule has 3 aliphatic rings. The number of carbonyl (C=O) groups is 2. The van der Waals surface area contributed by atoms with Gasteiger partial charge in [-0.15, -0.1) is 0 Å². The van der Waals surface area contributed by atoms with E-state index in [1.54, 1.807) is 0 Å². The number of amides is 1. The summed E-state index contributed by atoms with van der Waals surface area (Å²) >= 11 is 0. The average Bonchev–Trinajstić information content (AvgIpc) is 3.07. The summed E-state index contributed by atoms with van der Waals surface area (Å²) in [5, 5.41) is 22.4. The van der Waals surface area contributed by atoms with Crippen LogP contribution in [0.25, 0.3) is 0 Å². The lowest BCUT2D eigenvalue weighted by atomic mass is 9.68. The summed E-state index contributed by atoms with van der Waals surface area (Å²) in [5.74, 6) is -1.98. The number of carboxylic acid groups (broad SMARTS) is 1. The molecule has 3 N–H and O–H groups in total. The summed E-state index contributed by atoms with van der Waals surface area (Å²) in [7, 11) is 0. The summed E-state index contributed by atoms with van der Waals surface area (Å²) in [6.07, 6.45) is 7.83. The largest absolute Gasteiger partial charge is 0.479 e. The topological polar surface area (TPSA) is 86.6 Å². The van der Waals surface area contributed by atoms with Crippen molar-refractivity contribution >= 4 is 11.9 Å². The fourth-order valence-electron chi connectivity index (χ4n) is 3.54. The van der Waals surface area contributed by atoms with Crippen molar-refractivity contribution in [1.29, 1.82) is 0 Å². The van der Waals surface area contributed by atoms with Gasteiger partial charge in [-0.3, -0.25) is 4.79 Å². The summed E-state index contributed by atoms with van der Waals surface area (Å²) in [5.41, 5.74) is -2.75. The van der Waals surface area contributed by atoms with Gasteiger partial charge in [0, 0.05) is 17.3 Å². The van der Waals surface area contributed by atoms with Crippen molar-refractivity contribution in [2.24, 2.45) is 17.3 Å². The van der Waals surface area contributed by atoms with Crippen molar-refractivity contribution < 1.29 is 19.8 Å². The highest BCUT2D eigenvalue weighted by atomic mass is 16.4. The van der Waals surface area contributed by atoms with Crippen LogP contribution < -0.4 is 5.32 Å². The maximum absolute atomic E-state index is 11.9. The zero-order chi connectivity index (χ0) is 13.1. The van der Waals surface area contributed by atoms with Gasteiger partial charge in [0.15, 0.2) is 5.60 Å². The van der Waals surface area contributed by atoms with E-state index in [1.165, 1.54) is 6.92 Å². The number of allylic oxidation sites excluding steroid dienone is 2. The maximum atomic E-state index is 11.9. The van der Waals surface area contributed by atoms with Gasteiger partial charge in [0.2, 0.25) is 5.91 Å². The van der Waals surface area contributed by atoms with E-state index >= 15 is 0 Å². The van der Waals surface area contributed by atoms with E-state index < -0.39 is 22.9 Å². The Labute approximate surface area is 104 Å². The molecule has 18 heavy (non-hydrogen) atoms. The first-order valence-electron chi connectivity index (χ1n) is 6.02. The minimum absolute atomic E-state index is 0.155. The minimum Gasteiger partial charge on any atom is -0.479 e. The summed E-state index contributed by atoms with van der Waals surface area (Å²) in [6.45, 7) is 1.30. The fraction of sp³-hybridized carbons (Fsp3) is 0.538. The molecule has 0 spiro atoms. The molecule has 5 atom stereocenters. The molecule has 0 radical (unpaired) electrons. The Bertz CT molecular complexity index is 493. The standard InChI is InChI=1S/C13H15NO4/c1-12(18,11(16)17)13-6-8(13)10(15)14-9-5-3-2-4-7(9)13/h2-5,7-9,18H,6H2,1H3,(H,14,15)(H,16,17). The van der Waals surface area contributed by atoms with Crippen LogP contribution in [0.5, 0.6) is 0 Å². The van der Waals surface area contributed by atoms with Crippen molar-refractivity contribution in [1.82, 2.24) is 5.32 Å².